The molecule has 2 amide bonds. The van der Waals surface area contributed by atoms with E-state index in [4.69, 9.17) is 4.74 Å². The van der Waals surface area contributed by atoms with Crippen LogP contribution >= 0.6 is 0 Å². The zero-order chi connectivity index (χ0) is 22.2. The number of likely N-dealkylation sites (N-methyl/N-ethyl adjacent to an activating group) is 1. The van der Waals surface area contributed by atoms with E-state index in [-0.39, 0.29) is 22.2 Å². The molecular weight excluding hydrogens is 420 g/mol. The van der Waals surface area contributed by atoms with Crippen LogP contribution in [0.15, 0.2) is 35.2 Å². The van der Waals surface area contributed by atoms with Crippen LogP contribution in [0.25, 0.3) is 0 Å². The van der Waals surface area contributed by atoms with Gasteiger partial charge in [-0.05, 0) is 37.6 Å². The number of fused-ring (bicyclic) bond motifs is 1. The van der Waals surface area contributed by atoms with E-state index < -0.39 is 40.2 Å². The number of hydrogen-bond donors (Lipinski definition) is 2. The van der Waals surface area contributed by atoms with Crippen LogP contribution in [0.1, 0.15) is 12.5 Å². The zero-order valence-electron chi connectivity index (χ0n) is 16.3. The van der Waals surface area contributed by atoms with Crippen LogP contribution < -0.4 is 15.4 Å². The topological polar surface area (TPSA) is 105 Å². The van der Waals surface area contributed by atoms with E-state index in [1.54, 1.807) is 6.92 Å². The largest absolute Gasteiger partial charge is 0.479 e. The summed E-state index contributed by atoms with van der Waals surface area (Å²) in [6.07, 6.45) is -0.787. The zero-order valence-corrected chi connectivity index (χ0v) is 17.1. The summed E-state index contributed by atoms with van der Waals surface area (Å²) < 4.78 is 58.8. The maximum absolute atomic E-state index is 13.7. The van der Waals surface area contributed by atoms with E-state index in [0.29, 0.717) is 17.3 Å². The third kappa shape index (κ3) is 4.26. The van der Waals surface area contributed by atoms with Crippen molar-refractivity contribution in [3.8, 4) is 5.75 Å². The molecule has 1 heterocycles. The fourth-order valence-electron chi connectivity index (χ4n) is 2.86. The van der Waals surface area contributed by atoms with Crippen LogP contribution in [0, 0.1) is 18.6 Å². The second-order valence-electron chi connectivity index (χ2n) is 6.80. The molecule has 160 valence electrons. The number of amides is 2. The van der Waals surface area contributed by atoms with Gasteiger partial charge in [0.05, 0.1) is 22.8 Å². The Hall–Kier alpha value is -3.05. The molecule has 11 heteroatoms. The molecule has 3 rings (SSSR count). The number of nitrogens with zero attached hydrogens (tertiary/aromatic N) is 1. The Labute approximate surface area is 171 Å². The second kappa shape index (κ2) is 8.00. The third-order valence-corrected chi connectivity index (χ3v) is 6.41. The van der Waals surface area contributed by atoms with E-state index in [1.165, 1.54) is 26.1 Å². The van der Waals surface area contributed by atoms with Gasteiger partial charge in [0.15, 0.2) is 6.10 Å². The van der Waals surface area contributed by atoms with Gasteiger partial charge in [-0.1, -0.05) is 0 Å². The van der Waals surface area contributed by atoms with Gasteiger partial charge >= 0.3 is 0 Å². The molecule has 0 unspecified atom stereocenters. The monoisotopic (exact) mass is 439 g/mol. The Morgan fingerprint density at radius 3 is 2.63 bits per heavy atom. The van der Waals surface area contributed by atoms with E-state index in [2.05, 4.69) is 10.6 Å². The van der Waals surface area contributed by atoms with Gasteiger partial charge in [0, 0.05) is 19.2 Å². The minimum atomic E-state index is -4.11. The standard InChI is InChI=1S/C19H19F2N3O5S/c1-10-6-15-16(29-11(2)19(26)23-15)8-17(10)30(27,28)24(3)9-18(25)22-14-5-4-12(20)7-13(14)21/h4-8,11H,9H2,1-3H3,(H,22,25)(H,23,26)/t11-/m0/s1. The van der Waals surface area contributed by atoms with Crippen LogP contribution in [-0.2, 0) is 19.6 Å². The van der Waals surface area contributed by atoms with Crippen molar-refractivity contribution < 1.29 is 31.5 Å². The van der Waals surface area contributed by atoms with E-state index in [0.717, 1.165) is 16.4 Å². The second-order valence-corrected chi connectivity index (χ2v) is 8.81. The van der Waals surface area contributed by atoms with Crippen molar-refractivity contribution in [2.24, 2.45) is 0 Å². The molecule has 0 fully saturated rings. The number of benzene rings is 2. The number of rotatable bonds is 5. The number of halogens is 2. The van der Waals surface area contributed by atoms with Gasteiger partial charge in [0.1, 0.15) is 17.4 Å². The fourth-order valence-corrected chi connectivity index (χ4v) is 4.20. The lowest BCUT2D eigenvalue weighted by Gasteiger charge is -2.25. The van der Waals surface area contributed by atoms with Crippen molar-refractivity contribution in [2.45, 2.75) is 24.8 Å². The first-order chi connectivity index (χ1) is 14.0. The molecule has 2 N–H and O–H groups in total. The molecular formula is C19H19F2N3O5S. The van der Waals surface area contributed by atoms with Crippen LogP contribution in [0.4, 0.5) is 20.2 Å². The van der Waals surface area contributed by atoms with Crippen LogP contribution in [0.5, 0.6) is 5.75 Å². The van der Waals surface area contributed by atoms with Crippen molar-refractivity contribution in [2.75, 3.05) is 24.2 Å². The average Bonchev–Trinajstić information content (AvgIpc) is 2.64. The molecule has 0 saturated heterocycles. The molecule has 0 bridgehead atoms. The molecule has 2 aromatic carbocycles. The number of sulfonamides is 1. The molecule has 1 atom stereocenters. The Morgan fingerprint density at radius 1 is 1.27 bits per heavy atom. The molecule has 0 saturated carbocycles. The normalized spacial score (nSPS) is 15.9. The minimum absolute atomic E-state index is 0.104. The average molecular weight is 439 g/mol. The van der Waals surface area contributed by atoms with Gasteiger partial charge in [0.2, 0.25) is 15.9 Å². The Balaban J connectivity index is 1.80. The molecule has 8 nitrogen and oxygen atoms in total. The summed E-state index contributed by atoms with van der Waals surface area (Å²) >= 11 is 0. The lowest BCUT2D eigenvalue weighted by Crippen LogP contribution is -2.36. The molecule has 30 heavy (non-hydrogen) atoms. The first-order valence-corrected chi connectivity index (χ1v) is 10.3. The smallest absolute Gasteiger partial charge is 0.265 e. The summed E-state index contributed by atoms with van der Waals surface area (Å²) in [7, 11) is -2.92. The van der Waals surface area contributed by atoms with Gasteiger partial charge in [-0.15, -0.1) is 0 Å². The number of carbonyl (C=O) groups is 2. The van der Waals surface area contributed by atoms with Crippen molar-refractivity contribution in [3.63, 3.8) is 0 Å². The molecule has 0 aromatic heterocycles. The summed E-state index contributed by atoms with van der Waals surface area (Å²) in [6.45, 7) is 2.46. The number of nitrogens with one attached hydrogen (secondary N) is 2. The summed E-state index contributed by atoms with van der Waals surface area (Å²) in [5.41, 5.74) is 0.418. The molecule has 1 aliphatic rings. The third-order valence-electron chi connectivity index (χ3n) is 4.47. The molecule has 0 radical (unpaired) electrons. The quantitative estimate of drug-likeness (QED) is 0.744. The SMILES string of the molecule is Cc1cc2c(cc1S(=O)(=O)N(C)CC(=O)Nc1ccc(F)cc1F)O[C@@H](C)C(=O)N2. The number of carbonyl (C=O) groups excluding carboxylic acids is 2. The lowest BCUT2D eigenvalue weighted by molar-refractivity contribution is -0.122. The Morgan fingerprint density at radius 2 is 1.97 bits per heavy atom. The lowest BCUT2D eigenvalue weighted by atomic mass is 10.1. The van der Waals surface area contributed by atoms with Gasteiger partial charge < -0.3 is 15.4 Å². The first-order valence-electron chi connectivity index (χ1n) is 8.82. The van der Waals surface area contributed by atoms with Crippen molar-refractivity contribution in [1.29, 1.82) is 0 Å². The number of aryl methyl sites for hydroxylation is 1. The van der Waals surface area contributed by atoms with Crippen molar-refractivity contribution >= 4 is 33.2 Å². The summed E-state index contributed by atoms with van der Waals surface area (Å²) in [4.78, 5) is 23.8. The number of hydrogen-bond acceptors (Lipinski definition) is 5. The molecule has 0 spiro atoms. The Kier molecular flexibility index (Phi) is 5.77. The molecule has 0 aliphatic carbocycles. The highest BCUT2D eigenvalue weighted by atomic mass is 32.2. The van der Waals surface area contributed by atoms with Crippen molar-refractivity contribution in [3.05, 3.63) is 47.5 Å². The highest BCUT2D eigenvalue weighted by Crippen LogP contribution is 2.35. The van der Waals surface area contributed by atoms with E-state index >= 15 is 0 Å². The van der Waals surface area contributed by atoms with Gasteiger partial charge in [-0.25, -0.2) is 17.2 Å². The highest BCUT2D eigenvalue weighted by Gasteiger charge is 2.30. The van der Waals surface area contributed by atoms with Gasteiger partial charge in [-0.2, -0.15) is 4.31 Å². The maximum atomic E-state index is 13.7. The highest BCUT2D eigenvalue weighted by molar-refractivity contribution is 7.89. The summed E-state index contributed by atoms with van der Waals surface area (Å²) in [6, 6.07) is 5.36. The predicted molar refractivity (Wildman–Crippen MR) is 105 cm³/mol. The molecule has 2 aromatic rings. The summed E-state index contributed by atoms with van der Waals surface area (Å²) in [5.74, 6) is -2.75. The van der Waals surface area contributed by atoms with E-state index in [9.17, 15) is 26.8 Å². The Bertz CT molecular complexity index is 1140. The minimum Gasteiger partial charge on any atom is -0.479 e. The van der Waals surface area contributed by atoms with Crippen LogP contribution in [0.3, 0.4) is 0 Å². The fraction of sp³-hybridized carbons (Fsp3) is 0.263. The van der Waals surface area contributed by atoms with Gasteiger partial charge in [0.25, 0.3) is 5.91 Å². The van der Waals surface area contributed by atoms with Crippen molar-refractivity contribution in [1.82, 2.24) is 4.31 Å². The summed E-state index contributed by atoms with van der Waals surface area (Å²) in [5, 5.41) is 4.84. The van der Waals surface area contributed by atoms with Crippen LogP contribution in [-0.4, -0.2) is 44.2 Å². The molecule has 1 aliphatic heterocycles. The van der Waals surface area contributed by atoms with E-state index in [1.807, 2.05) is 0 Å². The van der Waals surface area contributed by atoms with Gasteiger partial charge in [-0.3, -0.25) is 9.59 Å². The number of anilines is 2. The number of ether oxygens (including phenoxy) is 1. The predicted octanol–water partition coefficient (Wildman–Crippen LogP) is 2.25. The maximum Gasteiger partial charge on any atom is 0.265 e. The first kappa shape index (κ1) is 21.7. The van der Waals surface area contributed by atoms with Crippen LogP contribution in [0.2, 0.25) is 0 Å².